The van der Waals surface area contributed by atoms with Crippen molar-refractivity contribution >= 4 is 22.9 Å². The lowest BCUT2D eigenvalue weighted by molar-refractivity contribution is -0.137. The summed E-state index contributed by atoms with van der Waals surface area (Å²) in [5.74, 6) is -0.790. The highest BCUT2D eigenvalue weighted by Gasteiger charge is 2.35. The molecule has 0 amide bonds. The number of benzene rings is 1. The molecule has 0 saturated carbocycles. The first-order valence-electron chi connectivity index (χ1n) is 4.95. The SMILES string of the molecule is OC(c1cnc(C(F)(F)F)s1)c1ccc(Cl)cc1F. The van der Waals surface area contributed by atoms with Crippen LogP contribution >= 0.6 is 22.9 Å². The number of rotatable bonds is 2. The van der Waals surface area contributed by atoms with E-state index in [2.05, 4.69) is 4.98 Å². The fourth-order valence-electron chi connectivity index (χ4n) is 1.42. The molecule has 2 rings (SSSR count). The molecule has 0 aliphatic heterocycles. The molecule has 0 aliphatic carbocycles. The summed E-state index contributed by atoms with van der Waals surface area (Å²) >= 11 is 5.82. The third kappa shape index (κ3) is 3.05. The van der Waals surface area contributed by atoms with Crippen molar-refractivity contribution in [2.45, 2.75) is 12.3 Å². The third-order valence-electron chi connectivity index (χ3n) is 2.29. The molecule has 2 aromatic rings. The Balaban J connectivity index is 2.34. The molecular weight excluding hydrogens is 306 g/mol. The highest BCUT2D eigenvalue weighted by Crippen LogP contribution is 2.36. The van der Waals surface area contributed by atoms with Crippen molar-refractivity contribution in [3.8, 4) is 0 Å². The van der Waals surface area contributed by atoms with E-state index in [1.165, 1.54) is 12.1 Å². The molecule has 0 radical (unpaired) electrons. The van der Waals surface area contributed by atoms with E-state index in [1.54, 1.807) is 0 Å². The van der Waals surface area contributed by atoms with Crippen molar-refractivity contribution in [2.24, 2.45) is 0 Å². The monoisotopic (exact) mass is 311 g/mol. The number of aliphatic hydroxyl groups is 1. The zero-order valence-electron chi connectivity index (χ0n) is 9.08. The largest absolute Gasteiger partial charge is 0.443 e. The Morgan fingerprint density at radius 1 is 1.32 bits per heavy atom. The van der Waals surface area contributed by atoms with Crippen LogP contribution in [0.5, 0.6) is 0 Å². The molecule has 102 valence electrons. The predicted octanol–water partition coefficient (Wildman–Crippen LogP) is 4.04. The quantitative estimate of drug-likeness (QED) is 0.849. The molecule has 1 aromatic carbocycles. The molecule has 0 fully saturated rings. The maximum absolute atomic E-state index is 13.5. The van der Waals surface area contributed by atoms with E-state index >= 15 is 0 Å². The first kappa shape index (κ1) is 14.2. The summed E-state index contributed by atoms with van der Waals surface area (Å²) in [5, 5.41) is 8.91. The maximum Gasteiger partial charge on any atom is 0.443 e. The minimum atomic E-state index is -4.58. The smallest absolute Gasteiger partial charge is 0.383 e. The van der Waals surface area contributed by atoms with E-state index in [-0.39, 0.29) is 26.8 Å². The van der Waals surface area contributed by atoms with Crippen molar-refractivity contribution in [3.63, 3.8) is 0 Å². The standard InChI is InChI=1S/C11H6ClF4NOS/c12-5-1-2-6(7(13)3-5)9(18)8-4-17-10(19-8)11(14,15)16/h1-4,9,18H. The molecule has 0 saturated heterocycles. The van der Waals surface area contributed by atoms with Gasteiger partial charge in [-0.1, -0.05) is 17.7 Å². The Morgan fingerprint density at radius 2 is 2.00 bits per heavy atom. The number of hydrogen-bond donors (Lipinski definition) is 1. The van der Waals surface area contributed by atoms with Crippen LogP contribution in [0.2, 0.25) is 5.02 Å². The summed E-state index contributed by atoms with van der Waals surface area (Å²) in [4.78, 5) is 3.08. The molecule has 0 bridgehead atoms. The van der Waals surface area contributed by atoms with Crippen molar-refractivity contribution < 1.29 is 22.7 Å². The number of alkyl halides is 3. The lowest BCUT2D eigenvalue weighted by Crippen LogP contribution is -2.03. The number of hydrogen-bond acceptors (Lipinski definition) is 3. The van der Waals surface area contributed by atoms with E-state index in [0.29, 0.717) is 0 Å². The van der Waals surface area contributed by atoms with Crippen molar-refractivity contribution in [3.05, 3.63) is 50.7 Å². The van der Waals surface area contributed by atoms with Crippen molar-refractivity contribution in [1.82, 2.24) is 4.98 Å². The average Bonchev–Trinajstić information content (AvgIpc) is 2.76. The molecular formula is C11H6ClF4NOS. The third-order valence-corrected chi connectivity index (χ3v) is 3.62. The van der Waals surface area contributed by atoms with Gasteiger partial charge in [-0.15, -0.1) is 11.3 Å². The number of nitrogens with zero attached hydrogens (tertiary/aromatic N) is 1. The van der Waals surface area contributed by atoms with Crippen molar-refractivity contribution in [2.75, 3.05) is 0 Å². The first-order chi connectivity index (χ1) is 8.79. The Bertz CT molecular complexity index is 599. The Labute approximate surface area is 114 Å². The topological polar surface area (TPSA) is 33.1 Å². The first-order valence-corrected chi connectivity index (χ1v) is 6.14. The second kappa shape index (κ2) is 5.07. The van der Waals surface area contributed by atoms with Crippen LogP contribution in [0.15, 0.2) is 24.4 Å². The molecule has 1 atom stereocenters. The van der Waals surface area contributed by atoms with Crippen LogP contribution < -0.4 is 0 Å². The summed E-state index contributed by atoms with van der Waals surface area (Å²) in [7, 11) is 0. The van der Waals surface area contributed by atoms with Crippen molar-refractivity contribution in [1.29, 1.82) is 0 Å². The Kier molecular flexibility index (Phi) is 3.80. The van der Waals surface area contributed by atoms with Crippen LogP contribution in [0.1, 0.15) is 21.6 Å². The highest BCUT2D eigenvalue weighted by molar-refractivity contribution is 7.11. The zero-order chi connectivity index (χ0) is 14.2. The lowest BCUT2D eigenvalue weighted by atomic mass is 10.1. The van der Waals surface area contributed by atoms with Gasteiger partial charge in [-0.2, -0.15) is 13.2 Å². The number of aromatic nitrogens is 1. The van der Waals surface area contributed by atoms with Crippen LogP contribution in [0, 0.1) is 5.82 Å². The van der Waals surface area contributed by atoms with E-state index in [1.807, 2.05) is 0 Å². The molecule has 1 heterocycles. The molecule has 8 heteroatoms. The summed E-state index contributed by atoms with van der Waals surface area (Å²) in [6, 6.07) is 3.54. The zero-order valence-corrected chi connectivity index (χ0v) is 10.7. The molecule has 1 unspecified atom stereocenters. The maximum atomic E-state index is 13.5. The molecule has 1 N–H and O–H groups in total. The second-order valence-corrected chi connectivity index (χ2v) is 5.13. The van der Waals surface area contributed by atoms with Gasteiger partial charge in [0.15, 0.2) is 5.01 Å². The molecule has 2 nitrogen and oxygen atoms in total. The van der Waals surface area contributed by atoms with Gasteiger partial charge in [0.2, 0.25) is 0 Å². The summed E-state index contributed by atoms with van der Waals surface area (Å²) in [6.07, 6.45) is -5.21. The molecule has 0 aliphatic rings. The van der Waals surface area contributed by atoms with Crippen LogP contribution in [-0.4, -0.2) is 10.1 Å². The van der Waals surface area contributed by atoms with Gasteiger partial charge in [0.1, 0.15) is 11.9 Å². The minimum absolute atomic E-state index is 0.0893. The number of halogens is 5. The van der Waals surface area contributed by atoms with Gasteiger partial charge in [-0.05, 0) is 12.1 Å². The fourth-order valence-corrected chi connectivity index (χ4v) is 2.37. The molecule has 0 spiro atoms. The van der Waals surface area contributed by atoms with Crippen LogP contribution in [0.3, 0.4) is 0 Å². The second-order valence-electron chi connectivity index (χ2n) is 3.63. The van der Waals surface area contributed by atoms with Crippen LogP contribution in [0.25, 0.3) is 0 Å². The van der Waals surface area contributed by atoms with Gasteiger partial charge < -0.3 is 5.11 Å². The Hall–Kier alpha value is -1.18. The van der Waals surface area contributed by atoms with Gasteiger partial charge in [-0.25, -0.2) is 9.37 Å². The van der Waals surface area contributed by atoms with Gasteiger partial charge in [0.25, 0.3) is 0 Å². The molecule has 19 heavy (non-hydrogen) atoms. The lowest BCUT2D eigenvalue weighted by Gasteiger charge is -2.09. The van der Waals surface area contributed by atoms with Gasteiger partial charge in [0.05, 0.1) is 4.88 Å². The number of aliphatic hydroxyl groups excluding tert-OH is 1. The van der Waals surface area contributed by atoms with E-state index in [9.17, 15) is 22.7 Å². The van der Waals surface area contributed by atoms with Gasteiger partial charge in [0, 0.05) is 16.8 Å². The van der Waals surface area contributed by atoms with Gasteiger partial charge in [-0.3, -0.25) is 0 Å². The Morgan fingerprint density at radius 3 is 2.53 bits per heavy atom. The summed E-state index contributed by atoms with van der Waals surface area (Å²) in [6.45, 7) is 0. The summed E-state index contributed by atoms with van der Waals surface area (Å²) in [5.41, 5.74) is -0.151. The van der Waals surface area contributed by atoms with E-state index in [0.717, 1.165) is 12.3 Å². The summed E-state index contributed by atoms with van der Waals surface area (Å²) < 4.78 is 50.7. The normalized spacial score (nSPS) is 13.6. The predicted molar refractivity (Wildman–Crippen MR) is 62.6 cm³/mol. The van der Waals surface area contributed by atoms with Crippen LogP contribution in [-0.2, 0) is 6.18 Å². The minimum Gasteiger partial charge on any atom is -0.383 e. The average molecular weight is 312 g/mol. The van der Waals surface area contributed by atoms with E-state index < -0.39 is 23.1 Å². The highest BCUT2D eigenvalue weighted by atomic mass is 35.5. The molecule has 1 aromatic heterocycles. The fraction of sp³-hybridized carbons (Fsp3) is 0.182. The van der Waals surface area contributed by atoms with E-state index in [4.69, 9.17) is 11.6 Å². The van der Waals surface area contributed by atoms with Crippen LogP contribution in [0.4, 0.5) is 17.6 Å². The van der Waals surface area contributed by atoms with Gasteiger partial charge >= 0.3 is 6.18 Å². The number of thiazole rings is 1.